The molecular weight excluding hydrogens is 102 g/mol. The van der Waals surface area contributed by atoms with Crippen molar-refractivity contribution in [2.45, 2.75) is 18.8 Å². The van der Waals surface area contributed by atoms with E-state index < -0.39 is 43.7 Å². The number of hydrogen-bond acceptors (Lipinski definition) is 2. The first-order valence-corrected chi connectivity index (χ1v) is 1.89. The van der Waals surface area contributed by atoms with Gasteiger partial charge in [0.2, 0.25) is 0 Å². The van der Waals surface area contributed by atoms with Crippen LogP contribution in [0.5, 0.6) is 0 Å². The molecule has 2 nitrogen and oxygen atoms in total. The number of aliphatic hydroxyl groups is 1. The summed E-state index contributed by atoms with van der Waals surface area (Å²) in [6, 6.07) is -3.71. The van der Waals surface area contributed by atoms with E-state index in [0.717, 1.165) is 0 Å². The molecular formula is C6H13NO. The molecule has 1 rings (SSSR count). The van der Waals surface area contributed by atoms with Crippen molar-refractivity contribution in [1.82, 2.24) is 4.90 Å². The van der Waals surface area contributed by atoms with Crippen LogP contribution in [0.1, 0.15) is 29.2 Å². The van der Waals surface area contributed by atoms with Crippen LogP contribution in [0.4, 0.5) is 0 Å². The lowest BCUT2D eigenvalue weighted by molar-refractivity contribution is 0.182. The van der Waals surface area contributed by atoms with Crippen molar-refractivity contribution >= 4 is 0 Å². The summed E-state index contributed by atoms with van der Waals surface area (Å²) >= 11 is 0. The summed E-state index contributed by atoms with van der Waals surface area (Å²) in [4.78, 5) is -0.562. The van der Waals surface area contributed by atoms with E-state index in [9.17, 15) is 5.11 Å². The third-order valence-electron chi connectivity index (χ3n) is 0.678. The molecule has 0 radical (unpaired) electrons. The van der Waals surface area contributed by atoms with Crippen molar-refractivity contribution in [3.8, 4) is 0 Å². The summed E-state index contributed by atoms with van der Waals surface area (Å²) in [5.74, 6) is 0. The van der Waals surface area contributed by atoms with E-state index in [2.05, 4.69) is 0 Å². The minimum absolute atomic E-state index is 0.562. The van der Waals surface area contributed by atoms with Crippen molar-refractivity contribution in [2.24, 2.45) is 0 Å². The van der Waals surface area contributed by atoms with Gasteiger partial charge in [0.05, 0.1) is 9.30 Å². The fourth-order valence-electron chi connectivity index (χ4n) is 0.333. The van der Waals surface area contributed by atoms with Crippen LogP contribution < -0.4 is 0 Å². The predicted molar refractivity (Wildman–Crippen MR) is 32.7 cm³/mol. The Morgan fingerprint density at radius 2 is 3.25 bits per heavy atom. The number of rotatable bonds is 1. The maximum atomic E-state index is 9.39. The van der Waals surface area contributed by atoms with Crippen LogP contribution in [-0.4, -0.2) is 36.1 Å². The van der Waals surface area contributed by atoms with Crippen LogP contribution in [0, 0.1) is 0 Å². The minimum atomic E-state index is -3.83. The summed E-state index contributed by atoms with van der Waals surface area (Å²) in [6.45, 7) is -10.9. The first kappa shape index (κ1) is 0.956. The first-order chi connectivity index (χ1) is 8.37. The lowest BCUT2D eigenvalue weighted by atomic mass is 10.2. The Bertz CT molecular complexity index is 409. The van der Waals surface area contributed by atoms with Crippen LogP contribution in [0.25, 0.3) is 0 Å². The Morgan fingerprint density at radius 3 is 3.75 bits per heavy atom. The molecule has 1 N–H and O–H groups in total. The predicted octanol–water partition coefficient (Wildman–Crippen LogP) is 0.0729. The molecule has 1 fully saturated rings. The second-order valence-electron chi connectivity index (χ2n) is 1.16. The smallest absolute Gasteiger partial charge is 0.0586 e. The molecule has 1 atom stereocenters. The van der Waals surface area contributed by atoms with E-state index >= 15 is 0 Å². The van der Waals surface area contributed by atoms with Gasteiger partial charge < -0.3 is 10.0 Å². The van der Waals surface area contributed by atoms with Gasteiger partial charge in [-0.2, -0.15) is 0 Å². The zero-order valence-corrected chi connectivity index (χ0v) is 3.89. The molecule has 8 heavy (non-hydrogen) atoms. The minimum Gasteiger partial charge on any atom is -0.395 e. The van der Waals surface area contributed by atoms with E-state index in [1.54, 1.807) is 0 Å². The Labute approximate surface area is 67.0 Å². The van der Waals surface area contributed by atoms with E-state index in [4.69, 9.17) is 16.4 Å². The number of nitrogens with zero attached hydrogens (tertiary/aromatic N) is 1. The summed E-state index contributed by atoms with van der Waals surface area (Å²) in [6.07, 6.45) is -7.19. The molecule has 0 bridgehead atoms. The lowest BCUT2D eigenvalue weighted by Gasteiger charge is -2.15. The van der Waals surface area contributed by atoms with Crippen molar-refractivity contribution in [3.63, 3.8) is 0 Å². The topological polar surface area (TPSA) is 23.5 Å². The molecule has 2 heteroatoms. The SMILES string of the molecule is [2H]C([2H])([2H])N1C([2H])([2H])C([2H])([2H])C([2H])([2H])C1([2H])C([2H])([2H])O. The Kier molecular flexibility index (Phi) is 0.294. The van der Waals surface area contributed by atoms with E-state index in [1.165, 1.54) is 0 Å². The summed E-state index contributed by atoms with van der Waals surface area (Å²) < 4.78 is 88.5. The van der Waals surface area contributed by atoms with E-state index in [0.29, 0.717) is 0 Å². The highest BCUT2D eigenvalue weighted by Crippen LogP contribution is 2.12. The van der Waals surface area contributed by atoms with Crippen LogP contribution in [0.15, 0.2) is 0 Å². The monoisotopic (exact) mass is 127 g/mol. The van der Waals surface area contributed by atoms with Gasteiger partial charge >= 0.3 is 0 Å². The number of likely N-dealkylation sites (tertiary alicyclic amines) is 1. The van der Waals surface area contributed by atoms with Crippen LogP contribution in [0.2, 0.25) is 0 Å². The summed E-state index contributed by atoms with van der Waals surface area (Å²) in [5.41, 5.74) is 0. The molecule has 1 heterocycles. The third kappa shape index (κ3) is 1.01. The largest absolute Gasteiger partial charge is 0.395 e. The maximum Gasteiger partial charge on any atom is 0.0586 e. The lowest BCUT2D eigenvalue weighted by Crippen LogP contribution is -2.27. The van der Waals surface area contributed by atoms with E-state index in [-0.39, 0.29) is 0 Å². The highest BCUT2D eigenvalue weighted by Gasteiger charge is 2.18. The van der Waals surface area contributed by atoms with Crippen LogP contribution in [0.3, 0.4) is 0 Å². The van der Waals surface area contributed by atoms with Crippen molar-refractivity contribution < 1.29 is 21.6 Å². The molecule has 1 unspecified atom stereocenters. The van der Waals surface area contributed by atoms with Gasteiger partial charge in [-0.1, -0.05) is 0 Å². The average Bonchev–Trinajstić information content (AvgIpc) is 2.18. The molecule has 0 amide bonds. The second kappa shape index (κ2) is 2.46. The van der Waals surface area contributed by atoms with Gasteiger partial charge in [-0.05, 0) is 26.2 Å². The Hall–Kier alpha value is -0.0800. The third-order valence-corrected chi connectivity index (χ3v) is 0.678. The van der Waals surface area contributed by atoms with Gasteiger partial charge in [0, 0.05) is 19.7 Å². The van der Waals surface area contributed by atoms with Crippen molar-refractivity contribution in [3.05, 3.63) is 0 Å². The second-order valence-corrected chi connectivity index (χ2v) is 1.16. The van der Waals surface area contributed by atoms with Crippen molar-refractivity contribution in [1.29, 1.82) is 0 Å². The van der Waals surface area contributed by atoms with Crippen LogP contribution >= 0.6 is 0 Å². The average molecular weight is 127 g/mol. The molecule has 1 aliphatic heterocycles. The van der Waals surface area contributed by atoms with Gasteiger partial charge in [0.15, 0.2) is 0 Å². The van der Waals surface area contributed by atoms with Crippen LogP contribution in [-0.2, 0) is 0 Å². The van der Waals surface area contributed by atoms with E-state index in [1.807, 2.05) is 0 Å². The molecule has 0 aromatic carbocycles. The molecule has 0 saturated carbocycles. The quantitative estimate of drug-likeness (QED) is 0.539. The van der Waals surface area contributed by atoms with Gasteiger partial charge in [0.1, 0.15) is 0 Å². The molecule has 1 saturated heterocycles. The fourth-order valence-corrected chi connectivity index (χ4v) is 0.333. The maximum absolute atomic E-state index is 9.39. The Balaban J connectivity index is 3.79. The molecule has 0 aromatic rings. The number of hydrogen-bond donors (Lipinski definition) is 1. The highest BCUT2D eigenvalue weighted by molar-refractivity contribution is 4.74. The summed E-state index contributed by atoms with van der Waals surface area (Å²) in [7, 11) is 0. The van der Waals surface area contributed by atoms with Gasteiger partial charge in [-0.15, -0.1) is 0 Å². The van der Waals surface area contributed by atoms with Crippen molar-refractivity contribution in [2.75, 3.05) is 20.0 Å². The zero-order valence-electron chi connectivity index (χ0n) is 15.9. The zero-order chi connectivity index (χ0) is 16.6. The van der Waals surface area contributed by atoms with Gasteiger partial charge in [0.25, 0.3) is 0 Å². The highest BCUT2D eigenvalue weighted by atomic mass is 16.3. The molecule has 0 aliphatic carbocycles. The van der Waals surface area contributed by atoms with Gasteiger partial charge in [-0.25, -0.2) is 0 Å². The Morgan fingerprint density at radius 1 is 2.38 bits per heavy atom. The normalized spacial score (nSPS) is 85.1. The molecule has 1 aliphatic rings. The molecule has 0 aromatic heterocycles. The first-order valence-electron chi connectivity index (χ1n) is 7.89. The number of likely N-dealkylation sites (N-methyl/N-ethyl adjacent to an activating group) is 1. The fraction of sp³-hybridized carbons (Fsp3) is 1.00. The standard InChI is InChI=1S/C6H13NO/c1-7-4-2-3-6(7)5-8/h6,8H,2-5H2,1H3/i1D3,2D2,3D2,4D2,5D2,6D. The molecule has 0 spiro atoms. The van der Waals surface area contributed by atoms with Gasteiger partial charge in [-0.3, -0.25) is 0 Å². The molecule has 48 valence electrons. The summed E-state index contributed by atoms with van der Waals surface area (Å²) in [5, 5.41) is 9.39.